The fraction of sp³-hybridized carbons (Fsp3) is 0.533. The molecule has 21 heavy (non-hydrogen) atoms. The van der Waals surface area contributed by atoms with Gasteiger partial charge < -0.3 is 25.7 Å². The van der Waals surface area contributed by atoms with E-state index in [0.717, 1.165) is 11.3 Å². The van der Waals surface area contributed by atoms with E-state index in [1.54, 1.807) is 26.0 Å². The predicted molar refractivity (Wildman–Crippen MR) is 82.5 cm³/mol. The van der Waals surface area contributed by atoms with Crippen molar-refractivity contribution < 1.29 is 15.0 Å². The molecule has 0 bridgehead atoms. The van der Waals surface area contributed by atoms with Gasteiger partial charge in [-0.25, -0.2) is 4.79 Å². The second-order valence-electron chi connectivity index (χ2n) is 6.11. The number of hydrogen-bond acceptors (Lipinski definition) is 4. The monoisotopic (exact) mass is 293 g/mol. The van der Waals surface area contributed by atoms with Crippen LogP contribution in [0.4, 0.5) is 16.2 Å². The van der Waals surface area contributed by atoms with Gasteiger partial charge in [0.25, 0.3) is 0 Å². The molecule has 1 aliphatic rings. The summed E-state index contributed by atoms with van der Waals surface area (Å²) >= 11 is 0. The summed E-state index contributed by atoms with van der Waals surface area (Å²) in [5, 5.41) is 19.5. The van der Waals surface area contributed by atoms with E-state index in [0.29, 0.717) is 25.3 Å². The Balaban J connectivity index is 2.30. The van der Waals surface area contributed by atoms with Gasteiger partial charge >= 0.3 is 6.09 Å². The van der Waals surface area contributed by atoms with E-state index in [9.17, 15) is 9.90 Å². The van der Waals surface area contributed by atoms with E-state index in [1.807, 2.05) is 13.0 Å². The first-order valence-electron chi connectivity index (χ1n) is 7.07. The molecular formula is C15H23N3O3. The number of hydrogen-bond donors (Lipinski definition) is 3. The van der Waals surface area contributed by atoms with Crippen LogP contribution in [0.15, 0.2) is 18.2 Å². The van der Waals surface area contributed by atoms with E-state index in [4.69, 9.17) is 10.8 Å². The molecule has 1 atom stereocenters. The molecule has 6 heteroatoms. The summed E-state index contributed by atoms with van der Waals surface area (Å²) in [6.07, 6.45) is -0.887. The molecule has 0 aromatic heterocycles. The SMILES string of the molecule is CC1CN(c2ccc(N)cc2C(C)(C)O)CCN1C(=O)O. The molecule has 2 rings (SSSR count). The number of aliphatic hydroxyl groups is 1. The number of benzene rings is 1. The van der Waals surface area contributed by atoms with Gasteiger partial charge in [0.1, 0.15) is 0 Å². The summed E-state index contributed by atoms with van der Waals surface area (Å²) in [4.78, 5) is 14.7. The van der Waals surface area contributed by atoms with Crippen molar-refractivity contribution in [3.05, 3.63) is 23.8 Å². The highest BCUT2D eigenvalue weighted by atomic mass is 16.4. The number of amides is 1. The van der Waals surface area contributed by atoms with Gasteiger partial charge in [0.15, 0.2) is 0 Å². The van der Waals surface area contributed by atoms with Gasteiger partial charge in [-0.2, -0.15) is 0 Å². The Morgan fingerprint density at radius 3 is 2.57 bits per heavy atom. The largest absolute Gasteiger partial charge is 0.465 e. The highest BCUT2D eigenvalue weighted by Gasteiger charge is 2.30. The number of piperazine rings is 1. The topological polar surface area (TPSA) is 90.0 Å². The number of carboxylic acid groups (broad SMARTS) is 1. The van der Waals surface area contributed by atoms with Gasteiger partial charge in [-0.1, -0.05) is 0 Å². The van der Waals surface area contributed by atoms with E-state index in [-0.39, 0.29) is 6.04 Å². The summed E-state index contributed by atoms with van der Waals surface area (Å²) in [6, 6.07) is 5.39. The molecule has 1 unspecified atom stereocenters. The number of carbonyl (C=O) groups is 1. The molecule has 116 valence electrons. The Hall–Kier alpha value is -1.95. The zero-order valence-corrected chi connectivity index (χ0v) is 12.7. The van der Waals surface area contributed by atoms with Crippen LogP contribution in [0.2, 0.25) is 0 Å². The van der Waals surface area contributed by atoms with Crippen molar-refractivity contribution in [2.24, 2.45) is 0 Å². The lowest BCUT2D eigenvalue weighted by Gasteiger charge is -2.41. The van der Waals surface area contributed by atoms with Crippen molar-refractivity contribution in [3.8, 4) is 0 Å². The van der Waals surface area contributed by atoms with Gasteiger partial charge in [0, 0.05) is 42.6 Å². The minimum atomic E-state index is -1.00. The Labute approximate surface area is 124 Å². The average molecular weight is 293 g/mol. The Bertz CT molecular complexity index is 539. The first-order valence-corrected chi connectivity index (χ1v) is 7.07. The van der Waals surface area contributed by atoms with Crippen molar-refractivity contribution in [3.63, 3.8) is 0 Å². The third-order valence-electron chi connectivity index (χ3n) is 3.89. The van der Waals surface area contributed by atoms with E-state index in [1.165, 1.54) is 4.90 Å². The number of nitrogens with two attached hydrogens (primary N) is 1. The van der Waals surface area contributed by atoms with Crippen LogP contribution in [0.3, 0.4) is 0 Å². The van der Waals surface area contributed by atoms with Crippen LogP contribution < -0.4 is 10.6 Å². The molecular weight excluding hydrogens is 270 g/mol. The molecule has 1 amide bonds. The number of anilines is 2. The summed E-state index contributed by atoms with van der Waals surface area (Å²) in [6.45, 7) is 6.99. The molecule has 1 saturated heterocycles. The molecule has 0 radical (unpaired) electrons. The van der Waals surface area contributed by atoms with Crippen LogP contribution in [-0.2, 0) is 5.60 Å². The molecule has 1 aromatic rings. The zero-order chi connectivity index (χ0) is 15.8. The first-order chi connectivity index (χ1) is 9.70. The summed E-state index contributed by atoms with van der Waals surface area (Å²) in [7, 11) is 0. The number of nitrogens with zero attached hydrogens (tertiary/aromatic N) is 2. The maximum Gasteiger partial charge on any atom is 0.407 e. The minimum absolute atomic E-state index is 0.0940. The van der Waals surface area contributed by atoms with Crippen molar-refractivity contribution in [2.75, 3.05) is 30.3 Å². The van der Waals surface area contributed by atoms with E-state index >= 15 is 0 Å². The molecule has 0 aliphatic carbocycles. The zero-order valence-electron chi connectivity index (χ0n) is 12.7. The van der Waals surface area contributed by atoms with E-state index < -0.39 is 11.7 Å². The molecule has 1 heterocycles. The summed E-state index contributed by atoms with van der Waals surface area (Å²) in [5.41, 5.74) is 7.10. The lowest BCUT2D eigenvalue weighted by atomic mass is 9.94. The lowest BCUT2D eigenvalue weighted by Crippen LogP contribution is -2.54. The smallest absolute Gasteiger partial charge is 0.407 e. The molecule has 1 aliphatic heterocycles. The van der Waals surface area contributed by atoms with Gasteiger partial charge in [-0.15, -0.1) is 0 Å². The fourth-order valence-electron chi connectivity index (χ4n) is 2.78. The second-order valence-corrected chi connectivity index (χ2v) is 6.11. The van der Waals surface area contributed by atoms with Gasteiger partial charge in [0.2, 0.25) is 0 Å². The van der Waals surface area contributed by atoms with E-state index in [2.05, 4.69) is 4.90 Å². The predicted octanol–water partition coefficient (Wildman–Crippen LogP) is 1.68. The maximum absolute atomic E-state index is 11.1. The normalized spacial score (nSPS) is 19.7. The highest BCUT2D eigenvalue weighted by Crippen LogP contribution is 2.33. The quantitative estimate of drug-likeness (QED) is 0.722. The minimum Gasteiger partial charge on any atom is -0.465 e. The van der Waals surface area contributed by atoms with Gasteiger partial charge in [0.05, 0.1) is 5.60 Å². The Kier molecular flexibility index (Phi) is 4.00. The maximum atomic E-state index is 11.1. The Morgan fingerprint density at radius 2 is 2.05 bits per heavy atom. The summed E-state index contributed by atoms with van der Waals surface area (Å²) < 4.78 is 0. The number of nitrogen functional groups attached to an aromatic ring is 1. The van der Waals surface area contributed by atoms with Gasteiger partial charge in [-0.05, 0) is 39.0 Å². The van der Waals surface area contributed by atoms with Gasteiger partial charge in [-0.3, -0.25) is 0 Å². The van der Waals surface area contributed by atoms with Crippen molar-refractivity contribution in [1.82, 2.24) is 4.90 Å². The molecule has 1 fully saturated rings. The highest BCUT2D eigenvalue weighted by molar-refractivity contribution is 5.67. The lowest BCUT2D eigenvalue weighted by molar-refractivity contribution is 0.0785. The molecule has 0 spiro atoms. The van der Waals surface area contributed by atoms with Crippen molar-refractivity contribution in [2.45, 2.75) is 32.4 Å². The molecule has 6 nitrogen and oxygen atoms in total. The summed E-state index contributed by atoms with van der Waals surface area (Å²) in [5.74, 6) is 0. The van der Waals surface area contributed by atoms with Crippen LogP contribution in [0.1, 0.15) is 26.3 Å². The Morgan fingerprint density at radius 1 is 1.38 bits per heavy atom. The molecule has 4 N–H and O–H groups in total. The van der Waals surface area contributed by atoms with Crippen LogP contribution in [0.5, 0.6) is 0 Å². The second kappa shape index (κ2) is 5.44. The standard InChI is InChI=1S/C15H23N3O3/c1-10-9-17(6-7-18(10)14(19)20)13-5-4-11(16)8-12(13)15(2,3)21/h4-5,8,10,21H,6-7,9,16H2,1-3H3,(H,19,20). The first kappa shape index (κ1) is 15.4. The van der Waals surface area contributed by atoms with Crippen LogP contribution in [-0.4, -0.2) is 46.9 Å². The van der Waals surface area contributed by atoms with Crippen molar-refractivity contribution >= 4 is 17.5 Å². The van der Waals surface area contributed by atoms with Crippen LogP contribution in [0, 0.1) is 0 Å². The van der Waals surface area contributed by atoms with Crippen LogP contribution in [0.25, 0.3) is 0 Å². The van der Waals surface area contributed by atoms with Crippen LogP contribution >= 0.6 is 0 Å². The average Bonchev–Trinajstić information content (AvgIpc) is 2.37. The molecule has 1 aromatic carbocycles. The molecule has 0 saturated carbocycles. The number of rotatable bonds is 2. The fourth-order valence-corrected chi connectivity index (χ4v) is 2.78. The van der Waals surface area contributed by atoms with Crippen molar-refractivity contribution in [1.29, 1.82) is 0 Å². The third kappa shape index (κ3) is 3.21. The third-order valence-corrected chi connectivity index (χ3v) is 3.89.